The Morgan fingerprint density at radius 3 is 2.42 bits per heavy atom. The molecule has 3 rings (SSSR count). The van der Waals surface area contributed by atoms with E-state index in [0.717, 1.165) is 19.3 Å². The van der Waals surface area contributed by atoms with Crippen LogP contribution < -0.4 is 11.1 Å². The van der Waals surface area contributed by atoms with Gasteiger partial charge in [-0.3, -0.25) is 0 Å². The summed E-state index contributed by atoms with van der Waals surface area (Å²) in [6, 6.07) is 0.204. The Hall–Kier alpha value is -0.770. The van der Waals surface area contributed by atoms with E-state index in [0.29, 0.717) is 0 Å². The van der Waals surface area contributed by atoms with Crippen molar-refractivity contribution in [2.75, 3.05) is 0 Å². The molecule has 0 aromatic heterocycles. The molecule has 4 nitrogen and oxygen atoms in total. The van der Waals surface area contributed by atoms with Crippen LogP contribution in [0.25, 0.3) is 0 Å². The standard InChI is InChI=1S/C8H14N2O2/c1-5(9)7-2-8(3-7,4-7)10-6(11)12/h5,10H,2-4,9H2,1H3,(H,11,12). The molecule has 3 fully saturated rings. The minimum Gasteiger partial charge on any atom is -0.465 e. The van der Waals surface area contributed by atoms with Crippen molar-refractivity contribution >= 4 is 6.09 Å². The Kier molecular flexibility index (Phi) is 1.27. The lowest BCUT2D eigenvalue weighted by Gasteiger charge is -2.72. The molecular formula is C8H14N2O2. The lowest BCUT2D eigenvalue weighted by Crippen LogP contribution is -2.78. The molecule has 1 amide bonds. The summed E-state index contributed by atoms with van der Waals surface area (Å²) in [5.74, 6) is 0. The van der Waals surface area contributed by atoms with Gasteiger partial charge in [0.1, 0.15) is 0 Å². The highest BCUT2D eigenvalue weighted by Crippen LogP contribution is 2.68. The van der Waals surface area contributed by atoms with Gasteiger partial charge in [0.2, 0.25) is 0 Å². The fourth-order valence-electron chi connectivity index (χ4n) is 2.71. The normalized spacial score (nSPS) is 45.5. The van der Waals surface area contributed by atoms with Crippen LogP contribution in [-0.4, -0.2) is 22.8 Å². The summed E-state index contributed by atoms with van der Waals surface area (Å²) >= 11 is 0. The van der Waals surface area contributed by atoms with E-state index in [1.165, 1.54) is 0 Å². The average Bonchev–Trinajstić information content (AvgIpc) is 1.72. The quantitative estimate of drug-likeness (QED) is 0.565. The number of amides is 1. The summed E-state index contributed by atoms with van der Waals surface area (Å²) in [5.41, 5.74) is 5.95. The van der Waals surface area contributed by atoms with E-state index >= 15 is 0 Å². The number of nitrogens with one attached hydrogen (secondary N) is 1. The van der Waals surface area contributed by atoms with Crippen molar-refractivity contribution in [1.29, 1.82) is 0 Å². The lowest BCUT2D eigenvalue weighted by atomic mass is 9.37. The van der Waals surface area contributed by atoms with E-state index in [1.54, 1.807) is 0 Å². The van der Waals surface area contributed by atoms with Crippen molar-refractivity contribution in [3.8, 4) is 0 Å². The van der Waals surface area contributed by atoms with Gasteiger partial charge in [-0.05, 0) is 31.6 Å². The first-order valence-corrected chi connectivity index (χ1v) is 4.25. The van der Waals surface area contributed by atoms with Gasteiger partial charge in [-0.25, -0.2) is 4.79 Å². The second-order valence-corrected chi connectivity index (χ2v) is 4.39. The predicted molar refractivity (Wildman–Crippen MR) is 43.8 cm³/mol. The zero-order chi connectivity index (χ0) is 8.98. The van der Waals surface area contributed by atoms with Gasteiger partial charge in [-0.2, -0.15) is 0 Å². The van der Waals surface area contributed by atoms with Crippen molar-refractivity contribution in [2.45, 2.75) is 37.8 Å². The molecule has 0 aliphatic heterocycles. The Morgan fingerprint density at radius 2 is 2.08 bits per heavy atom. The zero-order valence-corrected chi connectivity index (χ0v) is 7.13. The van der Waals surface area contributed by atoms with E-state index in [9.17, 15) is 4.79 Å². The molecule has 0 heterocycles. The maximum atomic E-state index is 10.4. The maximum Gasteiger partial charge on any atom is 0.405 e. The Morgan fingerprint density at radius 1 is 1.58 bits per heavy atom. The largest absolute Gasteiger partial charge is 0.465 e. The molecule has 0 aromatic rings. The van der Waals surface area contributed by atoms with Crippen LogP contribution in [0.1, 0.15) is 26.2 Å². The van der Waals surface area contributed by atoms with Gasteiger partial charge in [-0.15, -0.1) is 0 Å². The topological polar surface area (TPSA) is 75.3 Å². The Labute approximate surface area is 71.1 Å². The highest BCUT2D eigenvalue weighted by Gasteiger charge is 2.69. The van der Waals surface area contributed by atoms with Crippen LogP contribution >= 0.6 is 0 Å². The second-order valence-electron chi connectivity index (χ2n) is 4.39. The van der Waals surface area contributed by atoms with Crippen LogP contribution in [0, 0.1) is 5.41 Å². The van der Waals surface area contributed by atoms with Gasteiger partial charge < -0.3 is 16.2 Å². The van der Waals surface area contributed by atoms with E-state index in [1.807, 2.05) is 6.92 Å². The van der Waals surface area contributed by atoms with Crippen LogP contribution in [-0.2, 0) is 0 Å². The second kappa shape index (κ2) is 1.93. The number of hydrogen-bond acceptors (Lipinski definition) is 2. The summed E-state index contributed by atoms with van der Waals surface area (Å²) in [6.07, 6.45) is 1.89. The number of hydrogen-bond donors (Lipinski definition) is 3. The van der Waals surface area contributed by atoms with Crippen LogP contribution in [0.2, 0.25) is 0 Å². The van der Waals surface area contributed by atoms with Crippen LogP contribution in [0.4, 0.5) is 4.79 Å². The molecular weight excluding hydrogens is 156 g/mol. The summed E-state index contributed by atoms with van der Waals surface area (Å²) in [4.78, 5) is 10.4. The van der Waals surface area contributed by atoms with Crippen molar-refractivity contribution in [3.05, 3.63) is 0 Å². The molecule has 68 valence electrons. The Bertz CT molecular complexity index is 217. The van der Waals surface area contributed by atoms with Crippen molar-refractivity contribution < 1.29 is 9.90 Å². The molecule has 4 N–H and O–H groups in total. The third-order valence-corrected chi connectivity index (χ3v) is 3.41. The van der Waals surface area contributed by atoms with Gasteiger partial charge in [0.15, 0.2) is 0 Å². The molecule has 0 saturated heterocycles. The molecule has 3 aliphatic carbocycles. The fraction of sp³-hybridized carbons (Fsp3) is 0.875. The molecule has 0 radical (unpaired) electrons. The highest BCUT2D eigenvalue weighted by molar-refractivity contribution is 5.67. The SMILES string of the molecule is CC(N)C12CC(NC(=O)O)(C1)C2. The third-order valence-electron chi connectivity index (χ3n) is 3.41. The summed E-state index contributed by atoms with van der Waals surface area (Å²) in [6.45, 7) is 2.00. The van der Waals surface area contributed by atoms with Crippen molar-refractivity contribution in [3.63, 3.8) is 0 Å². The average molecular weight is 170 g/mol. The molecule has 1 unspecified atom stereocenters. The molecule has 1 atom stereocenters. The zero-order valence-electron chi connectivity index (χ0n) is 7.13. The third kappa shape index (κ3) is 0.784. The molecule has 4 heteroatoms. The van der Waals surface area contributed by atoms with Crippen LogP contribution in [0.5, 0.6) is 0 Å². The highest BCUT2D eigenvalue weighted by atomic mass is 16.4. The minimum atomic E-state index is -0.909. The molecule has 12 heavy (non-hydrogen) atoms. The summed E-state index contributed by atoms with van der Waals surface area (Å²) in [5, 5.41) is 11.1. The number of nitrogens with two attached hydrogens (primary N) is 1. The number of carbonyl (C=O) groups is 1. The molecule has 3 aliphatic rings. The number of rotatable bonds is 2. The van der Waals surface area contributed by atoms with Gasteiger partial charge >= 0.3 is 6.09 Å². The van der Waals surface area contributed by atoms with E-state index in [-0.39, 0.29) is 17.0 Å². The molecule has 0 aromatic carbocycles. The predicted octanol–water partition coefficient (Wildman–Crippen LogP) is 0.524. The Balaban J connectivity index is 1.91. The summed E-state index contributed by atoms with van der Waals surface area (Å²) in [7, 11) is 0. The van der Waals surface area contributed by atoms with Gasteiger partial charge in [0.25, 0.3) is 0 Å². The van der Waals surface area contributed by atoms with E-state index in [2.05, 4.69) is 5.32 Å². The van der Waals surface area contributed by atoms with Gasteiger partial charge in [0.05, 0.1) is 0 Å². The van der Waals surface area contributed by atoms with Crippen molar-refractivity contribution in [2.24, 2.45) is 11.1 Å². The number of carboxylic acid groups (broad SMARTS) is 1. The monoisotopic (exact) mass is 170 g/mol. The fourth-order valence-corrected chi connectivity index (χ4v) is 2.71. The van der Waals surface area contributed by atoms with E-state index < -0.39 is 6.09 Å². The molecule has 3 saturated carbocycles. The lowest BCUT2D eigenvalue weighted by molar-refractivity contribution is -0.160. The van der Waals surface area contributed by atoms with Crippen molar-refractivity contribution in [1.82, 2.24) is 5.32 Å². The molecule has 0 spiro atoms. The first-order valence-electron chi connectivity index (χ1n) is 4.25. The van der Waals surface area contributed by atoms with Gasteiger partial charge in [0, 0.05) is 11.6 Å². The van der Waals surface area contributed by atoms with Gasteiger partial charge in [-0.1, -0.05) is 0 Å². The first kappa shape index (κ1) is 7.86. The maximum absolute atomic E-state index is 10.4. The van der Waals surface area contributed by atoms with E-state index in [4.69, 9.17) is 10.8 Å². The first-order chi connectivity index (χ1) is 5.48. The van der Waals surface area contributed by atoms with Crippen LogP contribution in [0.3, 0.4) is 0 Å². The minimum absolute atomic E-state index is 0.0978. The summed E-state index contributed by atoms with van der Waals surface area (Å²) < 4.78 is 0. The van der Waals surface area contributed by atoms with Crippen LogP contribution in [0.15, 0.2) is 0 Å². The molecule has 2 bridgehead atoms. The smallest absolute Gasteiger partial charge is 0.405 e.